The normalized spacial score (nSPS) is 19.3. The van der Waals surface area contributed by atoms with Crippen molar-refractivity contribution in [2.24, 2.45) is 29.1 Å². The number of allylic oxidation sites excluding steroid dienone is 7. The molecule has 0 aromatic heterocycles. The lowest BCUT2D eigenvalue weighted by Crippen LogP contribution is -2.46. The minimum Gasteiger partial charge on any atom is -0.306 e. The second-order valence-electron chi connectivity index (χ2n) is 13.1. The first-order chi connectivity index (χ1) is 17.0. The van der Waals surface area contributed by atoms with Gasteiger partial charge in [-0.1, -0.05) is 123 Å². The maximum absolute atomic E-state index is 6.43. The second-order valence-corrected chi connectivity index (χ2v) is 14.9. The molecular formula is C33H56BNS2. The molecule has 1 aliphatic rings. The molecule has 0 aliphatic heterocycles. The van der Waals surface area contributed by atoms with Gasteiger partial charge in [-0.15, -0.1) is 6.58 Å². The molecule has 4 atom stereocenters. The van der Waals surface area contributed by atoms with Gasteiger partial charge in [0, 0.05) is 17.2 Å². The van der Waals surface area contributed by atoms with Crippen molar-refractivity contribution in [1.82, 2.24) is 4.90 Å². The average molecular weight is 542 g/mol. The Balaban J connectivity index is 2.55. The minimum atomic E-state index is -0.312. The molecule has 4 heteroatoms. The van der Waals surface area contributed by atoms with Gasteiger partial charge in [0.2, 0.25) is 0 Å². The highest BCUT2D eigenvalue weighted by Gasteiger charge is 2.32. The molecule has 0 aromatic carbocycles. The van der Waals surface area contributed by atoms with E-state index >= 15 is 0 Å². The van der Waals surface area contributed by atoms with E-state index in [-0.39, 0.29) is 15.6 Å². The van der Waals surface area contributed by atoms with E-state index in [1.165, 1.54) is 12.8 Å². The first-order valence-electron chi connectivity index (χ1n) is 14.5. The third kappa shape index (κ3) is 13.4. The second kappa shape index (κ2) is 15.3. The fourth-order valence-corrected chi connectivity index (χ4v) is 5.37. The highest BCUT2D eigenvalue weighted by molar-refractivity contribution is 7.81. The number of hydrogen-bond acceptors (Lipinski definition) is 3. The Morgan fingerprint density at radius 1 is 1.16 bits per heavy atom. The Hall–Kier alpha value is -0.575. The molecule has 208 valence electrons. The zero-order valence-corrected chi connectivity index (χ0v) is 27.2. The van der Waals surface area contributed by atoms with Crippen LogP contribution in [0.4, 0.5) is 0 Å². The van der Waals surface area contributed by atoms with E-state index in [2.05, 4.69) is 123 Å². The number of nitrogens with zero attached hydrogens (tertiary/aromatic N) is 1. The summed E-state index contributed by atoms with van der Waals surface area (Å²) in [4.78, 5) is 3.52. The zero-order valence-electron chi connectivity index (χ0n) is 25.5. The summed E-state index contributed by atoms with van der Waals surface area (Å²) in [5.41, 5.74) is 1.26. The van der Waals surface area contributed by atoms with Crippen LogP contribution in [0.1, 0.15) is 101 Å². The zero-order chi connectivity index (χ0) is 28.4. The largest absolute Gasteiger partial charge is 0.306 e. The van der Waals surface area contributed by atoms with Crippen molar-refractivity contribution in [1.29, 1.82) is 0 Å². The molecule has 0 saturated carbocycles. The Morgan fingerprint density at radius 2 is 1.81 bits per heavy atom. The third-order valence-electron chi connectivity index (χ3n) is 7.92. The van der Waals surface area contributed by atoms with Crippen molar-refractivity contribution in [2.75, 3.05) is 13.1 Å². The quantitative estimate of drug-likeness (QED) is 0.0751. The molecule has 4 unspecified atom stereocenters. The summed E-state index contributed by atoms with van der Waals surface area (Å²) in [5.74, 6) is 1.91. The summed E-state index contributed by atoms with van der Waals surface area (Å²) < 4.78 is 0.0823. The van der Waals surface area contributed by atoms with Gasteiger partial charge >= 0.3 is 0 Å². The summed E-state index contributed by atoms with van der Waals surface area (Å²) in [5, 5.41) is 0. The molecule has 37 heavy (non-hydrogen) atoms. The molecule has 0 N–H and O–H groups in total. The number of rotatable bonds is 19. The molecule has 0 heterocycles. The van der Waals surface area contributed by atoms with E-state index in [4.69, 9.17) is 20.1 Å². The lowest BCUT2D eigenvalue weighted by Gasteiger charge is -2.37. The van der Waals surface area contributed by atoms with Crippen LogP contribution in [0.25, 0.3) is 0 Å². The molecule has 0 spiro atoms. The van der Waals surface area contributed by atoms with Crippen molar-refractivity contribution in [3.63, 3.8) is 0 Å². The third-order valence-corrected chi connectivity index (χ3v) is 8.64. The number of unbranched alkanes of at least 4 members (excludes halogenated alkanes) is 1. The molecule has 0 saturated heterocycles. The summed E-state index contributed by atoms with van der Waals surface area (Å²) in [6.45, 7) is 26.1. The number of thiocarbonyl (C=S) groups is 1. The van der Waals surface area contributed by atoms with Gasteiger partial charge in [-0.2, -0.15) is 12.6 Å². The van der Waals surface area contributed by atoms with Gasteiger partial charge in [-0.05, 0) is 72.1 Å². The fourth-order valence-electron chi connectivity index (χ4n) is 4.79. The van der Waals surface area contributed by atoms with Crippen LogP contribution in [0.5, 0.6) is 0 Å². The Morgan fingerprint density at radius 3 is 2.35 bits per heavy atom. The Labute approximate surface area is 243 Å². The average Bonchev–Trinajstić information content (AvgIpc) is 3.54. The maximum atomic E-state index is 6.43. The van der Waals surface area contributed by atoms with Gasteiger partial charge in [0.15, 0.2) is 0 Å². The maximum Gasteiger partial charge on any atom is 0.0949 e. The first kappa shape index (κ1) is 34.5. The van der Waals surface area contributed by atoms with Crippen LogP contribution >= 0.6 is 24.8 Å². The molecular weight excluding hydrogens is 485 g/mol. The van der Waals surface area contributed by atoms with Crippen molar-refractivity contribution >= 4 is 37.6 Å². The van der Waals surface area contributed by atoms with Crippen LogP contribution in [0.15, 0.2) is 48.6 Å². The van der Waals surface area contributed by atoms with Gasteiger partial charge in [0.1, 0.15) is 0 Å². The Kier molecular flexibility index (Phi) is 14.2. The van der Waals surface area contributed by atoms with Crippen LogP contribution < -0.4 is 0 Å². The minimum absolute atomic E-state index is 0.00396. The van der Waals surface area contributed by atoms with E-state index in [0.717, 1.165) is 43.6 Å². The highest BCUT2D eigenvalue weighted by atomic mass is 32.1. The van der Waals surface area contributed by atoms with Crippen LogP contribution in [0.3, 0.4) is 0 Å². The van der Waals surface area contributed by atoms with Gasteiger partial charge in [0.05, 0.1) is 7.85 Å². The summed E-state index contributed by atoms with van der Waals surface area (Å²) in [6.07, 6.45) is 20.5. The molecule has 0 aromatic rings. The predicted octanol–water partition coefficient (Wildman–Crippen LogP) is 9.40. The lowest BCUT2D eigenvalue weighted by atomic mass is 9.76. The summed E-state index contributed by atoms with van der Waals surface area (Å²) in [6, 6.07) is 0. The molecule has 0 bridgehead atoms. The van der Waals surface area contributed by atoms with Gasteiger partial charge < -0.3 is 4.90 Å². The van der Waals surface area contributed by atoms with E-state index in [9.17, 15) is 0 Å². The summed E-state index contributed by atoms with van der Waals surface area (Å²) in [7, 11) is 6.43. The van der Waals surface area contributed by atoms with Gasteiger partial charge in [0.25, 0.3) is 0 Å². The van der Waals surface area contributed by atoms with Crippen molar-refractivity contribution in [3.8, 4) is 0 Å². The van der Waals surface area contributed by atoms with Crippen LogP contribution in [-0.2, 0) is 0 Å². The molecule has 0 amide bonds. The molecule has 0 fully saturated rings. The molecule has 1 nitrogen and oxygen atoms in total. The Bertz CT molecular complexity index is 809. The smallest absolute Gasteiger partial charge is 0.0949 e. The monoisotopic (exact) mass is 541 g/mol. The van der Waals surface area contributed by atoms with E-state index in [1.54, 1.807) is 5.57 Å². The fraction of sp³-hybridized carbons (Fsp3) is 0.727. The van der Waals surface area contributed by atoms with E-state index in [1.807, 2.05) is 0 Å². The van der Waals surface area contributed by atoms with Crippen molar-refractivity contribution in [2.45, 2.75) is 111 Å². The molecule has 1 aliphatic carbocycles. The summed E-state index contributed by atoms with van der Waals surface area (Å²) >= 11 is 10.6. The van der Waals surface area contributed by atoms with Crippen molar-refractivity contribution in [3.05, 3.63) is 48.6 Å². The van der Waals surface area contributed by atoms with Gasteiger partial charge in [-0.3, -0.25) is 0 Å². The predicted molar refractivity (Wildman–Crippen MR) is 176 cm³/mol. The highest BCUT2D eigenvalue weighted by Crippen LogP contribution is 2.42. The van der Waals surface area contributed by atoms with Crippen LogP contribution in [-0.4, -0.2) is 40.9 Å². The van der Waals surface area contributed by atoms with Crippen molar-refractivity contribution < 1.29 is 0 Å². The first-order valence-corrected chi connectivity index (χ1v) is 15.4. The molecule has 2 radical (unpaired) electrons. The number of hydrogen-bond donors (Lipinski definition) is 1. The molecule has 1 rings (SSSR count). The standard InChI is InChI=1S/C33H56BNS2/c1-11-13-21-35(33(9,10)34)22-19-30(36)26(4)31(5,6)20-18-27(12-2)17-15-14-16-25(3)29-23-28(29)24-32(7,8)37/h12,14,16,18,20,23,25-27,29,37H,2,11,13,15,17,19,21-22,24H2,1,3-10H3/b16-14+,20-18+. The van der Waals surface area contributed by atoms with Gasteiger partial charge in [-0.25, -0.2) is 0 Å². The number of thiol groups is 1. The van der Waals surface area contributed by atoms with Crippen LogP contribution in [0, 0.1) is 29.1 Å². The van der Waals surface area contributed by atoms with E-state index in [0.29, 0.717) is 23.7 Å². The SMILES string of the molecule is [B]C(C)(C)N(CCCC)CCC(=S)C(C)C(C)(C)/C=C/C(C=C)CC/C=C/C(C)C1C=C1CC(C)(C)S. The topological polar surface area (TPSA) is 3.24 Å². The van der Waals surface area contributed by atoms with Crippen LogP contribution in [0.2, 0.25) is 0 Å². The van der Waals surface area contributed by atoms with E-state index < -0.39 is 0 Å². The lowest BCUT2D eigenvalue weighted by molar-refractivity contribution is 0.191.